The lowest BCUT2D eigenvalue weighted by Crippen LogP contribution is -2.37. The zero-order valence-electron chi connectivity index (χ0n) is 15.8. The van der Waals surface area contributed by atoms with Crippen molar-refractivity contribution < 1.29 is 5.11 Å². The monoisotopic (exact) mass is 346 g/mol. The highest BCUT2D eigenvalue weighted by Crippen LogP contribution is 2.23. The van der Waals surface area contributed by atoms with Crippen LogP contribution in [0.3, 0.4) is 0 Å². The summed E-state index contributed by atoms with van der Waals surface area (Å²) in [6.07, 6.45) is 4.51. The van der Waals surface area contributed by atoms with Gasteiger partial charge in [0.05, 0.1) is 6.54 Å². The van der Waals surface area contributed by atoms with Crippen molar-refractivity contribution in [1.82, 2.24) is 10.6 Å². The summed E-state index contributed by atoms with van der Waals surface area (Å²) in [7, 11) is 0. The third-order valence-corrected chi connectivity index (χ3v) is 4.76. The highest BCUT2D eigenvalue weighted by molar-refractivity contribution is 5.79. The van der Waals surface area contributed by atoms with E-state index in [9.17, 15) is 5.11 Å². The van der Waals surface area contributed by atoms with Gasteiger partial charge in [-0.05, 0) is 49.8 Å². The second kappa shape index (κ2) is 11.0. The fourth-order valence-electron chi connectivity index (χ4n) is 3.08. The summed E-state index contributed by atoms with van der Waals surface area (Å²) in [5, 5.41) is 15.9. The normalized spacial score (nSPS) is 16.1. The van der Waals surface area contributed by atoms with Gasteiger partial charge in [-0.3, -0.25) is 0 Å². The molecule has 0 amide bonds. The van der Waals surface area contributed by atoms with Crippen LogP contribution in [-0.2, 0) is 6.54 Å². The lowest BCUT2D eigenvalue weighted by Gasteiger charge is -2.32. The number of aliphatic hydroxyl groups excluding tert-OH is 1. The molecule has 1 aliphatic rings. The molecule has 0 radical (unpaired) electrons. The predicted octanol–water partition coefficient (Wildman–Crippen LogP) is 2.75. The summed E-state index contributed by atoms with van der Waals surface area (Å²) in [6, 6.07) is 8.74. The molecule has 1 aliphatic heterocycles. The minimum atomic E-state index is 0.325. The van der Waals surface area contributed by atoms with Crippen LogP contribution in [0.2, 0.25) is 0 Å². The molecule has 25 heavy (non-hydrogen) atoms. The Morgan fingerprint density at radius 3 is 2.48 bits per heavy atom. The number of nitrogens with one attached hydrogen (secondary N) is 2. The van der Waals surface area contributed by atoms with Crippen molar-refractivity contribution in [1.29, 1.82) is 0 Å². The van der Waals surface area contributed by atoms with Crippen LogP contribution in [0.25, 0.3) is 0 Å². The molecule has 0 spiro atoms. The number of piperidine rings is 1. The van der Waals surface area contributed by atoms with E-state index in [0.717, 1.165) is 51.4 Å². The first-order valence-electron chi connectivity index (χ1n) is 9.73. The highest BCUT2D eigenvalue weighted by atomic mass is 16.3. The molecule has 0 aromatic heterocycles. The second-order valence-electron chi connectivity index (χ2n) is 6.75. The average Bonchev–Trinajstić information content (AvgIpc) is 2.67. The summed E-state index contributed by atoms with van der Waals surface area (Å²) in [5.74, 6) is 1.38. The van der Waals surface area contributed by atoms with Crippen LogP contribution in [0.15, 0.2) is 29.3 Å². The van der Waals surface area contributed by atoms with Gasteiger partial charge in [0.1, 0.15) is 0 Å². The molecular weight excluding hydrogens is 312 g/mol. The summed E-state index contributed by atoms with van der Waals surface area (Å²) in [6.45, 7) is 9.21. The number of aliphatic imine (C=N–C) groups is 1. The van der Waals surface area contributed by atoms with Crippen molar-refractivity contribution in [3.05, 3.63) is 29.8 Å². The van der Waals surface area contributed by atoms with Gasteiger partial charge in [0, 0.05) is 38.5 Å². The Hall–Kier alpha value is -1.75. The van der Waals surface area contributed by atoms with Crippen LogP contribution in [0, 0.1) is 5.92 Å². The Labute approximate surface area is 152 Å². The standard InChI is InChI=1S/C20H34N4O/c1-3-5-12-22-20(21-4-2)23-15-17-6-8-19(9-7-17)24-13-10-18(16-25)11-14-24/h6-9,18,25H,3-5,10-16H2,1-2H3,(H2,21,22,23). The molecule has 1 aromatic rings. The maximum Gasteiger partial charge on any atom is 0.191 e. The zero-order valence-corrected chi connectivity index (χ0v) is 15.8. The van der Waals surface area contributed by atoms with Crippen LogP contribution in [0.4, 0.5) is 5.69 Å². The van der Waals surface area contributed by atoms with Gasteiger partial charge in [0.2, 0.25) is 0 Å². The number of aliphatic hydroxyl groups is 1. The third-order valence-electron chi connectivity index (χ3n) is 4.76. The van der Waals surface area contributed by atoms with Crippen molar-refractivity contribution in [3.8, 4) is 0 Å². The van der Waals surface area contributed by atoms with Gasteiger partial charge in [0.25, 0.3) is 0 Å². The molecule has 0 bridgehead atoms. The summed E-state index contributed by atoms with van der Waals surface area (Å²) in [5.41, 5.74) is 2.50. The number of guanidine groups is 1. The van der Waals surface area contributed by atoms with Crippen LogP contribution in [0.1, 0.15) is 45.1 Å². The molecule has 1 fully saturated rings. The molecule has 0 atom stereocenters. The van der Waals surface area contributed by atoms with Crippen molar-refractivity contribution in [3.63, 3.8) is 0 Å². The lowest BCUT2D eigenvalue weighted by atomic mass is 9.97. The molecule has 2 rings (SSSR count). The van der Waals surface area contributed by atoms with Crippen molar-refractivity contribution in [2.45, 2.75) is 46.1 Å². The maximum atomic E-state index is 9.25. The molecule has 1 aromatic carbocycles. The summed E-state index contributed by atoms with van der Waals surface area (Å²) < 4.78 is 0. The minimum absolute atomic E-state index is 0.325. The van der Waals surface area contributed by atoms with Crippen molar-refractivity contribution >= 4 is 11.6 Å². The SMILES string of the molecule is CCCCNC(=NCc1ccc(N2CCC(CO)CC2)cc1)NCC. The van der Waals surface area contributed by atoms with E-state index in [1.54, 1.807) is 0 Å². The zero-order chi connectivity index (χ0) is 17.9. The summed E-state index contributed by atoms with van der Waals surface area (Å²) in [4.78, 5) is 7.08. The molecule has 0 aliphatic carbocycles. The summed E-state index contributed by atoms with van der Waals surface area (Å²) >= 11 is 0. The van der Waals surface area contributed by atoms with Crippen molar-refractivity contribution in [2.24, 2.45) is 10.9 Å². The Morgan fingerprint density at radius 1 is 1.16 bits per heavy atom. The molecule has 0 unspecified atom stereocenters. The average molecular weight is 347 g/mol. The Morgan fingerprint density at radius 2 is 1.88 bits per heavy atom. The molecular formula is C20H34N4O. The number of hydrogen-bond acceptors (Lipinski definition) is 3. The van der Waals surface area contributed by atoms with E-state index in [4.69, 9.17) is 0 Å². The first-order chi connectivity index (χ1) is 12.3. The largest absolute Gasteiger partial charge is 0.396 e. The topological polar surface area (TPSA) is 59.9 Å². The molecule has 0 saturated carbocycles. The van der Waals surface area contributed by atoms with Gasteiger partial charge < -0.3 is 20.6 Å². The number of nitrogens with zero attached hydrogens (tertiary/aromatic N) is 2. The van der Waals surface area contributed by atoms with Gasteiger partial charge in [0.15, 0.2) is 5.96 Å². The van der Waals surface area contributed by atoms with Gasteiger partial charge in [-0.2, -0.15) is 0 Å². The first kappa shape index (κ1) is 19.6. The molecule has 5 heteroatoms. The van der Waals surface area contributed by atoms with Gasteiger partial charge >= 0.3 is 0 Å². The van der Waals surface area contributed by atoms with Gasteiger partial charge in [-0.25, -0.2) is 4.99 Å². The van der Waals surface area contributed by atoms with E-state index in [2.05, 4.69) is 58.6 Å². The molecule has 1 heterocycles. The van der Waals surface area contributed by atoms with Crippen LogP contribution >= 0.6 is 0 Å². The second-order valence-corrected chi connectivity index (χ2v) is 6.75. The fourth-order valence-corrected chi connectivity index (χ4v) is 3.08. The molecule has 5 nitrogen and oxygen atoms in total. The smallest absolute Gasteiger partial charge is 0.191 e. The van der Waals surface area contributed by atoms with E-state index < -0.39 is 0 Å². The fraction of sp³-hybridized carbons (Fsp3) is 0.650. The van der Waals surface area contributed by atoms with E-state index in [0.29, 0.717) is 19.1 Å². The Balaban J connectivity index is 1.87. The Bertz CT molecular complexity index is 507. The number of anilines is 1. The molecule has 3 N–H and O–H groups in total. The maximum absolute atomic E-state index is 9.25. The number of benzene rings is 1. The van der Waals surface area contributed by atoms with Crippen LogP contribution in [-0.4, -0.2) is 43.9 Å². The lowest BCUT2D eigenvalue weighted by molar-refractivity contribution is 0.203. The van der Waals surface area contributed by atoms with Gasteiger partial charge in [-0.15, -0.1) is 0 Å². The predicted molar refractivity (Wildman–Crippen MR) is 106 cm³/mol. The van der Waals surface area contributed by atoms with Gasteiger partial charge in [-0.1, -0.05) is 25.5 Å². The first-order valence-corrected chi connectivity index (χ1v) is 9.73. The number of rotatable bonds is 8. The van der Waals surface area contributed by atoms with Crippen LogP contribution < -0.4 is 15.5 Å². The number of hydrogen-bond donors (Lipinski definition) is 3. The van der Waals surface area contributed by atoms with Crippen molar-refractivity contribution in [2.75, 3.05) is 37.7 Å². The minimum Gasteiger partial charge on any atom is -0.396 e. The number of unbranched alkanes of at least 4 members (excludes halogenated alkanes) is 1. The Kier molecular flexibility index (Phi) is 8.60. The van der Waals surface area contributed by atoms with E-state index in [1.165, 1.54) is 17.7 Å². The highest BCUT2D eigenvalue weighted by Gasteiger charge is 2.18. The van der Waals surface area contributed by atoms with Crippen LogP contribution in [0.5, 0.6) is 0 Å². The molecule has 140 valence electrons. The third kappa shape index (κ3) is 6.58. The van der Waals surface area contributed by atoms with E-state index >= 15 is 0 Å². The van der Waals surface area contributed by atoms with E-state index in [-0.39, 0.29) is 0 Å². The van der Waals surface area contributed by atoms with E-state index in [1.807, 2.05) is 0 Å². The molecule has 1 saturated heterocycles. The quantitative estimate of drug-likeness (QED) is 0.385.